The zero-order chi connectivity index (χ0) is 21.3. The second-order valence-corrected chi connectivity index (χ2v) is 8.45. The molecule has 2 atom stereocenters. The van der Waals surface area contributed by atoms with Crippen molar-refractivity contribution < 1.29 is 9.18 Å². The number of pyridine rings is 1. The van der Waals surface area contributed by atoms with Crippen molar-refractivity contribution in [3.8, 4) is 11.4 Å². The molecule has 7 nitrogen and oxygen atoms in total. The molecule has 0 bridgehead atoms. The zero-order valence-electron chi connectivity index (χ0n) is 16.9. The Bertz CT molecular complexity index is 1070. The van der Waals surface area contributed by atoms with E-state index in [1.807, 2.05) is 13.8 Å². The number of anilines is 1. The third-order valence-electron chi connectivity index (χ3n) is 5.37. The summed E-state index contributed by atoms with van der Waals surface area (Å²) in [5, 5.41) is 7.57. The summed E-state index contributed by atoms with van der Waals surface area (Å²) in [7, 11) is 0. The van der Waals surface area contributed by atoms with Gasteiger partial charge in [-0.05, 0) is 31.7 Å². The predicted molar refractivity (Wildman–Crippen MR) is 115 cm³/mol. The van der Waals surface area contributed by atoms with Gasteiger partial charge in [-0.2, -0.15) is 0 Å². The van der Waals surface area contributed by atoms with E-state index in [1.54, 1.807) is 18.5 Å². The molecular weight excluding hydrogens is 407 g/mol. The molecule has 1 amide bonds. The summed E-state index contributed by atoms with van der Waals surface area (Å²) in [6.45, 7) is 3.75. The minimum atomic E-state index is -0.511. The van der Waals surface area contributed by atoms with Crippen LogP contribution in [0.15, 0.2) is 24.7 Å². The highest BCUT2D eigenvalue weighted by atomic mass is 35.5. The van der Waals surface area contributed by atoms with Crippen molar-refractivity contribution in [1.29, 1.82) is 0 Å². The van der Waals surface area contributed by atoms with Crippen molar-refractivity contribution in [1.82, 2.24) is 25.3 Å². The van der Waals surface area contributed by atoms with Crippen molar-refractivity contribution in [3.63, 3.8) is 0 Å². The van der Waals surface area contributed by atoms with Gasteiger partial charge in [0.25, 0.3) is 0 Å². The van der Waals surface area contributed by atoms with Gasteiger partial charge in [0.1, 0.15) is 5.65 Å². The van der Waals surface area contributed by atoms with Crippen molar-refractivity contribution in [2.24, 2.45) is 5.92 Å². The second kappa shape index (κ2) is 8.55. The first kappa shape index (κ1) is 20.5. The van der Waals surface area contributed by atoms with Crippen LogP contribution in [0.25, 0.3) is 22.4 Å². The topological polar surface area (TPSA) is 95.6 Å². The number of nitrogens with zero attached hydrogens (tertiary/aromatic N) is 3. The van der Waals surface area contributed by atoms with E-state index in [1.165, 1.54) is 6.20 Å². The highest BCUT2D eigenvalue weighted by Crippen LogP contribution is 2.29. The van der Waals surface area contributed by atoms with Gasteiger partial charge in [-0.25, -0.2) is 19.3 Å². The van der Waals surface area contributed by atoms with Crippen molar-refractivity contribution >= 4 is 34.4 Å². The van der Waals surface area contributed by atoms with E-state index >= 15 is 0 Å². The molecule has 1 fully saturated rings. The maximum Gasteiger partial charge on any atom is 0.222 e. The number of hydrogen-bond donors (Lipinski definition) is 3. The van der Waals surface area contributed by atoms with Gasteiger partial charge in [0, 0.05) is 41.3 Å². The Morgan fingerprint density at radius 1 is 1.27 bits per heavy atom. The third kappa shape index (κ3) is 4.38. The van der Waals surface area contributed by atoms with Crippen LogP contribution in [0.3, 0.4) is 0 Å². The maximum atomic E-state index is 14.5. The van der Waals surface area contributed by atoms with Crippen LogP contribution in [-0.2, 0) is 4.79 Å². The summed E-state index contributed by atoms with van der Waals surface area (Å²) in [5.41, 5.74) is 1.36. The Morgan fingerprint density at radius 3 is 2.87 bits per heavy atom. The van der Waals surface area contributed by atoms with Crippen LogP contribution in [0.5, 0.6) is 0 Å². The molecule has 0 saturated heterocycles. The van der Waals surface area contributed by atoms with E-state index in [0.717, 1.165) is 31.1 Å². The first-order valence-corrected chi connectivity index (χ1v) is 10.5. The molecule has 30 heavy (non-hydrogen) atoms. The average molecular weight is 431 g/mol. The number of nitrogens with one attached hydrogen (secondary N) is 3. The SMILES string of the molecule is CC(C)C(=O)N[C@@H]1CCC[C@H](Nc2nc(-c3c[nH]c4ncc(Cl)cc34)ncc2F)C1. The van der Waals surface area contributed by atoms with Crippen LogP contribution >= 0.6 is 11.6 Å². The number of carbonyl (C=O) groups is 1. The molecule has 0 spiro atoms. The van der Waals surface area contributed by atoms with Crippen LogP contribution in [-0.4, -0.2) is 37.9 Å². The minimum absolute atomic E-state index is 0.0209. The molecule has 1 saturated carbocycles. The largest absolute Gasteiger partial charge is 0.365 e. The van der Waals surface area contributed by atoms with Crippen LogP contribution in [0.4, 0.5) is 10.2 Å². The van der Waals surface area contributed by atoms with Gasteiger partial charge >= 0.3 is 0 Å². The zero-order valence-corrected chi connectivity index (χ0v) is 17.6. The Kier molecular flexibility index (Phi) is 5.85. The predicted octanol–water partition coefficient (Wildman–Crippen LogP) is 4.31. The molecule has 3 aromatic heterocycles. The normalized spacial score (nSPS) is 19.2. The number of H-pyrrole nitrogens is 1. The Hall–Kier alpha value is -2.74. The molecule has 3 aromatic rings. The number of halogens is 2. The highest BCUT2D eigenvalue weighted by molar-refractivity contribution is 6.31. The average Bonchev–Trinajstić information content (AvgIpc) is 3.13. The number of hydrogen-bond acceptors (Lipinski definition) is 5. The number of carbonyl (C=O) groups excluding carboxylic acids is 1. The van der Waals surface area contributed by atoms with E-state index in [2.05, 4.69) is 30.6 Å². The van der Waals surface area contributed by atoms with Gasteiger partial charge < -0.3 is 15.6 Å². The van der Waals surface area contributed by atoms with E-state index in [0.29, 0.717) is 22.1 Å². The molecule has 3 N–H and O–H groups in total. The number of rotatable bonds is 5. The lowest BCUT2D eigenvalue weighted by molar-refractivity contribution is -0.124. The van der Waals surface area contributed by atoms with Gasteiger partial charge in [-0.1, -0.05) is 25.4 Å². The molecule has 0 unspecified atom stereocenters. The molecule has 0 aromatic carbocycles. The second-order valence-electron chi connectivity index (χ2n) is 8.01. The summed E-state index contributed by atoms with van der Waals surface area (Å²) in [6.07, 6.45) is 7.96. The van der Waals surface area contributed by atoms with Crippen LogP contribution < -0.4 is 10.6 Å². The molecule has 158 valence electrons. The number of fused-ring (bicyclic) bond motifs is 1. The Morgan fingerprint density at radius 2 is 2.07 bits per heavy atom. The molecule has 4 rings (SSSR count). The summed E-state index contributed by atoms with van der Waals surface area (Å²) in [6, 6.07) is 1.88. The summed E-state index contributed by atoms with van der Waals surface area (Å²) >= 11 is 6.07. The summed E-state index contributed by atoms with van der Waals surface area (Å²) < 4.78 is 14.5. The first-order chi connectivity index (χ1) is 14.4. The van der Waals surface area contributed by atoms with Crippen LogP contribution in [0.2, 0.25) is 5.02 Å². The number of aromatic nitrogens is 4. The van der Waals surface area contributed by atoms with Crippen LogP contribution in [0, 0.1) is 11.7 Å². The molecule has 0 aliphatic heterocycles. The lowest BCUT2D eigenvalue weighted by Gasteiger charge is -2.31. The molecule has 1 aliphatic rings. The maximum absolute atomic E-state index is 14.5. The fourth-order valence-electron chi connectivity index (χ4n) is 3.77. The molecule has 1 aliphatic carbocycles. The molecule has 9 heteroatoms. The monoisotopic (exact) mass is 430 g/mol. The van der Waals surface area contributed by atoms with E-state index < -0.39 is 5.82 Å². The number of amides is 1. The number of aromatic amines is 1. The fraction of sp³-hybridized carbons (Fsp3) is 0.429. The lowest BCUT2D eigenvalue weighted by atomic mass is 9.90. The van der Waals surface area contributed by atoms with E-state index in [9.17, 15) is 9.18 Å². The van der Waals surface area contributed by atoms with Crippen molar-refractivity contribution in [2.45, 2.75) is 51.6 Å². The first-order valence-electron chi connectivity index (χ1n) is 10.1. The van der Waals surface area contributed by atoms with Crippen molar-refractivity contribution in [2.75, 3.05) is 5.32 Å². The molecule has 0 radical (unpaired) electrons. The summed E-state index contributed by atoms with van der Waals surface area (Å²) in [4.78, 5) is 27.9. The Balaban J connectivity index is 1.53. The van der Waals surface area contributed by atoms with E-state index in [-0.39, 0.29) is 29.7 Å². The lowest BCUT2D eigenvalue weighted by Crippen LogP contribution is -2.43. The molecule has 3 heterocycles. The smallest absolute Gasteiger partial charge is 0.222 e. The van der Waals surface area contributed by atoms with Gasteiger partial charge in [0.15, 0.2) is 17.5 Å². The van der Waals surface area contributed by atoms with E-state index in [4.69, 9.17) is 11.6 Å². The quantitative estimate of drug-likeness (QED) is 0.560. The van der Waals surface area contributed by atoms with Gasteiger partial charge in [-0.15, -0.1) is 0 Å². The fourth-order valence-corrected chi connectivity index (χ4v) is 3.93. The third-order valence-corrected chi connectivity index (χ3v) is 5.58. The minimum Gasteiger partial charge on any atom is -0.365 e. The van der Waals surface area contributed by atoms with Crippen LogP contribution in [0.1, 0.15) is 39.5 Å². The van der Waals surface area contributed by atoms with Gasteiger partial charge in [0.2, 0.25) is 5.91 Å². The standard InChI is InChI=1S/C21H24ClFN6O/c1-11(2)21(30)28-14-5-3-4-13(7-14)27-20-17(23)10-26-19(29-20)16-9-25-18-15(16)6-12(22)8-24-18/h6,8-11,13-14H,3-5,7H2,1-2H3,(H,24,25)(H,28,30)(H,26,27,29)/t13-,14+/m0/s1. The van der Waals surface area contributed by atoms with Crippen molar-refractivity contribution in [3.05, 3.63) is 35.5 Å². The Labute approximate surface area is 178 Å². The highest BCUT2D eigenvalue weighted by Gasteiger charge is 2.25. The molecular formula is C21H24ClFN6O. The summed E-state index contributed by atoms with van der Waals surface area (Å²) in [5.74, 6) is 0.0186. The van der Waals surface area contributed by atoms with Gasteiger partial charge in [-0.3, -0.25) is 4.79 Å². The van der Waals surface area contributed by atoms with Gasteiger partial charge in [0.05, 0.1) is 11.2 Å².